The number of nitrogens with zero attached hydrogens (tertiary/aromatic N) is 2. The quantitative estimate of drug-likeness (QED) is 0.782. The Kier molecular flexibility index (Phi) is 5.01. The van der Waals surface area contributed by atoms with Gasteiger partial charge in [-0.1, -0.05) is 0 Å². The van der Waals surface area contributed by atoms with Gasteiger partial charge in [0.05, 0.1) is 14.2 Å². The fourth-order valence-electron chi connectivity index (χ4n) is 2.06. The second-order valence-corrected chi connectivity index (χ2v) is 4.59. The number of hydrogen-bond donors (Lipinski definition) is 1. The molecule has 0 saturated heterocycles. The van der Waals surface area contributed by atoms with E-state index in [0.29, 0.717) is 0 Å². The van der Waals surface area contributed by atoms with Gasteiger partial charge < -0.3 is 14.8 Å². The van der Waals surface area contributed by atoms with Crippen LogP contribution in [0.3, 0.4) is 0 Å². The van der Waals surface area contributed by atoms with Gasteiger partial charge >= 0.3 is 0 Å². The number of methoxy groups -OCH3 is 2. The number of aryl methyl sites for hydroxylation is 1. The molecule has 0 atom stereocenters. The van der Waals surface area contributed by atoms with Gasteiger partial charge in [-0.15, -0.1) is 0 Å². The number of benzene rings is 1. The summed E-state index contributed by atoms with van der Waals surface area (Å²) in [6, 6.07) is 7.94. The fourth-order valence-corrected chi connectivity index (χ4v) is 2.06. The first kappa shape index (κ1) is 14.4. The highest BCUT2D eigenvalue weighted by Gasteiger charge is 2.02. The largest absolute Gasteiger partial charge is 0.497 e. The maximum atomic E-state index is 5.26. The van der Waals surface area contributed by atoms with Crippen molar-refractivity contribution < 1.29 is 9.47 Å². The molecule has 1 N–H and O–H groups in total. The Bertz CT molecular complexity index is 530. The zero-order valence-electron chi connectivity index (χ0n) is 12.2. The van der Waals surface area contributed by atoms with Crippen molar-refractivity contribution in [3.63, 3.8) is 0 Å². The lowest BCUT2D eigenvalue weighted by molar-refractivity contribution is 0.393. The molecule has 0 amide bonds. The maximum absolute atomic E-state index is 5.26. The first-order valence-electron chi connectivity index (χ1n) is 6.62. The molecule has 0 unspecified atom stereocenters. The first-order chi connectivity index (χ1) is 9.72. The number of ether oxygens (including phenoxy) is 2. The Balaban J connectivity index is 1.86. The second kappa shape index (κ2) is 6.96. The van der Waals surface area contributed by atoms with Crippen molar-refractivity contribution in [2.24, 2.45) is 7.05 Å². The molecule has 5 heteroatoms. The lowest BCUT2D eigenvalue weighted by Gasteiger charge is -2.09. The zero-order chi connectivity index (χ0) is 14.4. The highest BCUT2D eigenvalue weighted by molar-refractivity contribution is 5.38. The molecule has 0 bridgehead atoms. The van der Waals surface area contributed by atoms with Crippen molar-refractivity contribution in [1.29, 1.82) is 0 Å². The van der Waals surface area contributed by atoms with Crippen molar-refractivity contribution in [2.45, 2.75) is 13.0 Å². The summed E-state index contributed by atoms with van der Waals surface area (Å²) in [5.74, 6) is 1.63. The number of aromatic nitrogens is 2. The van der Waals surface area contributed by atoms with Crippen LogP contribution >= 0.6 is 0 Å². The third kappa shape index (κ3) is 3.74. The number of rotatable bonds is 7. The van der Waals surface area contributed by atoms with Crippen molar-refractivity contribution >= 4 is 0 Å². The standard InChI is InChI=1S/C15H21N3O2/c1-18-13(5-7-17-18)4-6-16-11-12-8-14(19-2)10-15(9-12)20-3/h5,7-10,16H,4,6,11H2,1-3H3. The summed E-state index contributed by atoms with van der Waals surface area (Å²) in [5, 5.41) is 7.57. The predicted octanol–water partition coefficient (Wildman–Crippen LogP) is 1.77. The Labute approximate surface area is 119 Å². The normalized spacial score (nSPS) is 10.6. The molecule has 0 spiro atoms. The van der Waals surface area contributed by atoms with E-state index in [4.69, 9.17) is 9.47 Å². The topological polar surface area (TPSA) is 48.3 Å². The second-order valence-electron chi connectivity index (χ2n) is 4.59. The average molecular weight is 275 g/mol. The Morgan fingerprint density at radius 2 is 1.85 bits per heavy atom. The molecule has 2 aromatic rings. The molecule has 1 aromatic heterocycles. The van der Waals surface area contributed by atoms with Crippen LogP contribution < -0.4 is 14.8 Å². The van der Waals surface area contributed by atoms with E-state index in [1.54, 1.807) is 14.2 Å². The zero-order valence-corrected chi connectivity index (χ0v) is 12.2. The van der Waals surface area contributed by atoms with Crippen LogP contribution in [0.4, 0.5) is 0 Å². The minimum Gasteiger partial charge on any atom is -0.497 e. The smallest absolute Gasteiger partial charge is 0.122 e. The first-order valence-corrected chi connectivity index (χ1v) is 6.62. The molecule has 0 radical (unpaired) electrons. The highest BCUT2D eigenvalue weighted by atomic mass is 16.5. The van der Waals surface area contributed by atoms with E-state index in [1.807, 2.05) is 42.2 Å². The van der Waals surface area contributed by atoms with Crippen LogP contribution in [-0.4, -0.2) is 30.5 Å². The molecule has 1 heterocycles. The van der Waals surface area contributed by atoms with E-state index in [0.717, 1.165) is 36.6 Å². The minimum atomic E-state index is 0.783. The van der Waals surface area contributed by atoms with Gasteiger partial charge in [-0.3, -0.25) is 4.68 Å². The molecule has 5 nitrogen and oxygen atoms in total. The summed E-state index contributed by atoms with van der Waals surface area (Å²) >= 11 is 0. The summed E-state index contributed by atoms with van der Waals surface area (Å²) in [5.41, 5.74) is 2.37. The van der Waals surface area contributed by atoms with Crippen molar-refractivity contribution in [3.8, 4) is 11.5 Å². The molecule has 1 aromatic carbocycles. The van der Waals surface area contributed by atoms with E-state index in [2.05, 4.69) is 10.4 Å². The van der Waals surface area contributed by atoms with Gasteiger partial charge in [0.1, 0.15) is 11.5 Å². The lowest BCUT2D eigenvalue weighted by Crippen LogP contribution is -2.18. The molecule has 2 rings (SSSR count). The van der Waals surface area contributed by atoms with Crippen LogP contribution in [0.1, 0.15) is 11.3 Å². The SMILES string of the molecule is COc1cc(CNCCc2ccnn2C)cc(OC)c1. The molecule has 108 valence electrons. The third-order valence-corrected chi connectivity index (χ3v) is 3.22. The van der Waals surface area contributed by atoms with Gasteiger partial charge in [-0.25, -0.2) is 0 Å². The summed E-state index contributed by atoms with van der Waals surface area (Å²) in [6.45, 7) is 1.68. The summed E-state index contributed by atoms with van der Waals surface area (Å²) in [6.07, 6.45) is 2.78. The van der Waals surface area contributed by atoms with Crippen LogP contribution in [0, 0.1) is 0 Å². The van der Waals surface area contributed by atoms with Crippen LogP contribution in [0.25, 0.3) is 0 Å². The van der Waals surface area contributed by atoms with E-state index >= 15 is 0 Å². The molecular formula is C15H21N3O2. The molecule has 0 aliphatic carbocycles. The van der Waals surface area contributed by atoms with E-state index in [1.165, 1.54) is 5.69 Å². The number of hydrogen-bond acceptors (Lipinski definition) is 4. The van der Waals surface area contributed by atoms with E-state index in [-0.39, 0.29) is 0 Å². The van der Waals surface area contributed by atoms with Crippen molar-refractivity contribution in [1.82, 2.24) is 15.1 Å². The van der Waals surface area contributed by atoms with Crippen LogP contribution in [0.15, 0.2) is 30.5 Å². The third-order valence-electron chi connectivity index (χ3n) is 3.22. The summed E-state index contributed by atoms with van der Waals surface area (Å²) < 4.78 is 12.4. The van der Waals surface area contributed by atoms with Gasteiger partial charge in [0.25, 0.3) is 0 Å². The van der Waals surface area contributed by atoms with Crippen LogP contribution in [-0.2, 0) is 20.0 Å². The summed E-state index contributed by atoms with van der Waals surface area (Å²) in [7, 11) is 5.28. The van der Waals surface area contributed by atoms with Gasteiger partial charge in [-0.05, 0) is 23.8 Å². The summed E-state index contributed by atoms with van der Waals surface area (Å²) in [4.78, 5) is 0. The highest BCUT2D eigenvalue weighted by Crippen LogP contribution is 2.22. The van der Waals surface area contributed by atoms with E-state index < -0.39 is 0 Å². The molecular weight excluding hydrogens is 254 g/mol. The van der Waals surface area contributed by atoms with Gasteiger partial charge in [0.2, 0.25) is 0 Å². The molecule has 0 aliphatic heterocycles. The monoisotopic (exact) mass is 275 g/mol. The molecule has 0 fully saturated rings. The van der Waals surface area contributed by atoms with Crippen LogP contribution in [0.2, 0.25) is 0 Å². The van der Waals surface area contributed by atoms with E-state index in [9.17, 15) is 0 Å². The van der Waals surface area contributed by atoms with Gasteiger partial charge in [0.15, 0.2) is 0 Å². The fraction of sp³-hybridized carbons (Fsp3) is 0.400. The van der Waals surface area contributed by atoms with Gasteiger partial charge in [-0.2, -0.15) is 5.10 Å². The Hall–Kier alpha value is -2.01. The molecule has 20 heavy (non-hydrogen) atoms. The molecule has 0 saturated carbocycles. The van der Waals surface area contributed by atoms with Crippen LogP contribution in [0.5, 0.6) is 11.5 Å². The molecule has 0 aliphatic rings. The Morgan fingerprint density at radius 1 is 1.15 bits per heavy atom. The average Bonchev–Trinajstić information content (AvgIpc) is 2.88. The number of nitrogens with one attached hydrogen (secondary N) is 1. The van der Waals surface area contributed by atoms with Crippen molar-refractivity contribution in [2.75, 3.05) is 20.8 Å². The van der Waals surface area contributed by atoms with Crippen molar-refractivity contribution in [3.05, 3.63) is 41.7 Å². The Morgan fingerprint density at radius 3 is 2.40 bits per heavy atom. The lowest BCUT2D eigenvalue weighted by atomic mass is 10.2. The predicted molar refractivity (Wildman–Crippen MR) is 78.2 cm³/mol. The maximum Gasteiger partial charge on any atom is 0.122 e. The van der Waals surface area contributed by atoms with Gasteiger partial charge in [0, 0.05) is 44.5 Å². The minimum absolute atomic E-state index is 0.783.